The maximum atomic E-state index is 12.9. The van der Waals surface area contributed by atoms with Crippen LogP contribution in [0.5, 0.6) is 0 Å². The molecule has 0 saturated heterocycles. The van der Waals surface area contributed by atoms with Crippen LogP contribution in [0.4, 0.5) is 10.4 Å². The molecular weight excluding hydrogens is 409 g/mol. The number of carbonyl (C=O) groups is 1. The molecule has 8 heteroatoms. The fourth-order valence-electron chi connectivity index (χ4n) is 2.56. The molecule has 0 aliphatic carbocycles. The van der Waals surface area contributed by atoms with E-state index in [4.69, 9.17) is 4.42 Å². The average molecular weight is 432 g/mol. The highest BCUT2D eigenvalue weighted by molar-refractivity contribution is 7.99. The summed E-state index contributed by atoms with van der Waals surface area (Å²) in [5.41, 5.74) is 1.07. The molecular formula is C21H22FN3O2S2. The molecule has 0 bridgehead atoms. The summed E-state index contributed by atoms with van der Waals surface area (Å²) in [7, 11) is 0. The zero-order valence-electron chi connectivity index (χ0n) is 16.1. The molecule has 3 rings (SSSR count). The van der Waals surface area contributed by atoms with E-state index < -0.39 is 0 Å². The fourth-order valence-corrected chi connectivity index (χ4v) is 4.07. The maximum Gasteiger partial charge on any atom is 0.322 e. The average Bonchev–Trinajstić information content (AvgIpc) is 3.15. The molecule has 0 aliphatic heterocycles. The lowest BCUT2D eigenvalue weighted by molar-refractivity contribution is -0.116. The van der Waals surface area contributed by atoms with Crippen LogP contribution in [0.15, 0.2) is 62.7 Å². The topological polar surface area (TPSA) is 68.0 Å². The summed E-state index contributed by atoms with van der Waals surface area (Å²) in [5.74, 6) is 1.85. The van der Waals surface area contributed by atoms with Gasteiger partial charge in [-0.1, -0.05) is 24.2 Å². The van der Waals surface area contributed by atoms with Gasteiger partial charge in [-0.3, -0.25) is 10.1 Å². The highest BCUT2D eigenvalue weighted by Crippen LogP contribution is 2.21. The van der Waals surface area contributed by atoms with E-state index in [-0.39, 0.29) is 17.7 Å². The molecule has 0 radical (unpaired) electrons. The zero-order valence-corrected chi connectivity index (χ0v) is 17.7. The minimum absolute atomic E-state index is 0.120. The quantitative estimate of drug-likeness (QED) is 0.341. The van der Waals surface area contributed by atoms with E-state index in [1.807, 2.05) is 12.1 Å². The second kappa shape index (κ2) is 11.0. The third-order valence-corrected chi connectivity index (χ3v) is 5.93. The van der Waals surface area contributed by atoms with E-state index in [2.05, 4.69) is 34.6 Å². The van der Waals surface area contributed by atoms with Crippen LogP contribution in [0.3, 0.4) is 0 Å². The highest BCUT2D eigenvalue weighted by atomic mass is 32.2. The predicted molar refractivity (Wildman–Crippen MR) is 115 cm³/mol. The first-order chi connectivity index (χ1) is 14.1. The normalized spacial score (nSPS) is 10.8. The molecule has 152 valence electrons. The molecule has 1 amide bonds. The molecule has 1 N–H and O–H groups in total. The van der Waals surface area contributed by atoms with E-state index in [1.54, 1.807) is 35.7 Å². The molecule has 0 unspecified atom stereocenters. The Morgan fingerprint density at radius 2 is 1.72 bits per heavy atom. The Balaban J connectivity index is 1.39. The number of nitrogens with zero attached hydrogens (tertiary/aromatic N) is 2. The number of thioether (sulfide) groups is 2. The van der Waals surface area contributed by atoms with Gasteiger partial charge in [0.25, 0.3) is 0 Å². The summed E-state index contributed by atoms with van der Waals surface area (Å²) in [6.45, 7) is 2.12. The van der Waals surface area contributed by atoms with E-state index >= 15 is 0 Å². The standard InChI is InChI=1S/C21H22FN3O2S2/c1-2-28-17-9-5-15(6-10-17)14-20-24-25-21(27-20)23-19(26)4-3-13-29-18-11-7-16(22)8-12-18/h5-12H,2-4,13-14H2,1H3,(H,23,25,26). The van der Waals surface area contributed by atoms with Gasteiger partial charge in [0.05, 0.1) is 6.42 Å². The third kappa shape index (κ3) is 7.21. The number of benzene rings is 2. The Labute approximate surface area is 177 Å². The van der Waals surface area contributed by atoms with Crippen LogP contribution < -0.4 is 5.32 Å². The molecule has 5 nitrogen and oxygen atoms in total. The fraction of sp³-hybridized carbons (Fsp3) is 0.286. The molecule has 29 heavy (non-hydrogen) atoms. The Kier molecular flexibility index (Phi) is 8.13. The van der Waals surface area contributed by atoms with Crippen LogP contribution in [0, 0.1) is 5.82 Å². The summed E-state index contributed by atoms with van der Waals surface area (Å²) in [4.78, 5) is 14.2. The second-order valence-corrected chi connectivity index (χ2v) is 8.71. The largest absolute Gasteiger partial charge is 0.407 e. The van der Waals surface area contributed by atoms with Crippen molar-refractivity contribution in [2.45, 2.75) is 36.0 Å². The first kappa shape index (κ1) is 21.4. The molecule has 1 heterocycles. The Bertz CT molecular complexity index is 914. The monoisotopic (exact) mass is 431 g/mol. The van der Waals surface area contributed by atoms with Crippen molar-refractivity contribution in [2.75, 3.05) is 16.8 Å². The van der Waals surface area contributed by atoms with Crippen LogP contribution in [0.2, 0.25) is 0 Å². The molecule has 0 spiro atoms. The number of nitrogens with one attached hydrogen (secondary N) is 1. The van der Waals surface area contributed by atoms with E-state index in [9.17, 15) is 9.18 Å². The molecule has 0 saturated carbocycles. The second-order valence-electron chi connectivity index (χ2n) is 6.21. The first-order valence-electron chi connectivity index (χ1n) is 9.34. The molecule has 0 aliphatic rings. The zero-order chi connectivity index (χ0) is 20.5. The Morgan fingerprint density at radius 3 is 2.45 bits per heavy atom. The summed E-state index contributed by atoms with van der Waals surface area (Å²) >= 11 is 3.38. The molecule has 1 aromatic heterocycles. The first-order valence-corrected chi connectivity index (χ1v) is 11.3. The minimum Gasteiger partial charge on any atom is -0.407 e. The van der Waals surface area contributed by atoms with Crippen molar-refractivity contribution in [3.05, 3.63) is 65.8 Å². The van der Waals surface area contributed by atoms with E-state index in [1.165, 1.54) is 17.0 Å². The van der Waals surface area contributed by atoms with Crippen molar-refractivity contribution in [2.24, 2.45) is 0 Å². The summed E-state index contributed by atoms with van der Waals surface area (Å²) < 4.78 is 18.4. The number of carbonyl (C=O) groups excluding carboxylic acids is 1. The maximum absolute atomic E-state index is 12.9. The van der Waals surface area contributed by atoms with Gasteiger partial charge in [0.1, 0.15) is 5.82 Å². The number of rotatable bonds is 10. The number of halogens is 1. The van der Waals surface area contributed by atoms with Gasteiger partial charge in [-0.2, -0.15) is 0 Å². The number of anilines is 1. The lowest BCUT2D eigenvalue weighted by Crippen LogP contribution is -2.11. The predicted octanol–water partition coefficient (Wildman–Crippen LogP) is 5.42. The van der Waals surface area contributed by atoms with Crippen LogP contribution >= 0.6 is 23.5 Å². The molecule has 3 aromatic rings. The SMILES string of the molecule is CCSc1ccc(Cc2nnc(NC(=O)CCCSc3ccc(F)cc3)o2)cc1. The van der Waals surface area contributed by atoms with Crippen molar-refractivity contribution < 1.29 is 13.6 Å². The smallest absolute Gasteiger partial charge is 0.322 e. The number of amides is 1. The summed E-state index contributed by atoms with van der Waals surface area (Å²) in [6.07, 6.45) is 1.56. The summed E-state index contributed by atoms with van der Waals surface area (Å²) in [5, 5.41) is 10.5. The number of aromatic nitrogens is 2. The van der Waals surface area contributed by atoms with Gasteiger partial charge in [0.15, 0.2) is 0 Å². The van der Waals surface area contributed by atoms with Crippen LogP contribution in [-0.4, -0.2) is 27.6 Å². The van der Waals surface area contributed by atoms with Gasteiger partial charge in [0.2, 0.25) is 11.8 Å². The van der Waals surface area contributed by atoms with Crippen molar-refractivity contribution in [3.63, 3.8) is 0 Å². The Hall–Kier alpha value is -2.32. The number of hydrogen-bond acceptors (Lipinski definition) is 6. The lowest BCUT2D eigenvalue weighted by atomic mass is 10.1. The third-order valence-electron chi connectivity index (χ3n) is 3.93. The van der Waals surface area contributed by atoms with E-state index in [0.29, 0.717) is 25.2 Å². The van der Waals surface area contributed by atoms with Crippen LogP contribution in [-0.2, 0) is 11.2 Å². The van der Waals surface area contributed by atoms with Gasteiger partial charge >= 0.3 is 6.01 Å². The van der Waals surface area contributed by atoms with Crippen molar-refractivity contribution in [1.82, 2.24) is 10.2 Å². The number of hydrogen-bond donors (Lipinski definition) is 1. The van der Waals surface area contributed by atoms with Crippen molar-refractivity contribution in [1.29, 1.82) is 0 Å². The van der Waals surface area contributed by atoms with E-state index in [0.717, 1.165) is 22.0 Å². The highest BCUT2D eigenvalue weighted by Gasteiger charge is 2.10. The van der Waals surface area contributed by atoms with Crippen LogP contribution in [0.25, 0.3) is 0 Å². The van der Waals surface area contributed by atoms with Gasteiger partial charge in [-0.05, 0) is 59.9 Å². The minimum atomic E-state index is -0.250. The van der Waals surface area contributed by atoms with Crippen LogP contribution in [0.1, 0.15) is 31.2 Å². The van der Waals surface area contributed by atoms with Crippen molar-refractivity contribution in [3.8, 4) is 0 Å². The van der Waals surface area contributed by atoms with Gasteiger partial charge < -0.3 is 4.42 Å². The summed E-state index contributed by atoms with van der Waals surface area (Å²) in [6, 6.07) is 14.7. The van der Waals surface area contributed by atoms with Gasteiger partial charge in [-0.15, -0.1) is 28.6 Å². The molecule has 2 aromatic carbocycles. The van der Waals surface area contributed by atoms with Crippen molar-refractivity contribution >= 4 is 35.4 Å². The Morgan fingerprint density at radius 1 is 1.03 bits per heavy atom. The van der Waals surface area contributed by atoms with Gasteiger partial charge in [0, 0.05) is 16.2 Å². The molecule has 0 atom stereocenters. The lowest BCUT2D eigenvalue weighted by Gasteiger charge is -2.02. The molecule has 0 fully saturated rings. The van der Waals surface area contributed by atoms with Gasteiger partial charge in [-0.25, -0.2) is 4.39 Å².